The Morgan fingerprint density at radius 1 is 1.24 bits per heavy atom. The molecule has 2 aromatic rings. The number of rotatable bonds is 1. The van der Waals surface area contributed by atoms with Gasteiger partial charge in [-0.2, -0.15) is 13.2 Å². The number of hydrogen-bond acceptors (Lipinski definition) is 3. The zero-order chi connectivity index (χ0) is 12.6. The molecule has 0 aliphatic carbocycles. The fraction of sp³-hybridized carbons (Fsp3) is 0.182. The highest BCUT2D eigenvalue weighted by Crippen LogP contribution is 2.34. The molecule has 0 aliphatic heterocycles. The van der Waals surface area contributed by atoms with Crippen molar-refractivity contribution in [3.05, 3.63) is 40.2 Å². The highest BCUT2D eigenvalue weighted by molar-refractivity contribution is 5.83. The second kappa shape index (κ2) is 3.80. The molecule has 1 N–H and O–H groups in total. The summed E-state index contributed by atoms with van der Waals surface area (Å²) in [5.41, 5.74) is -1.51. The molecule has 90 valence electrons. The van der Waals surface area contributed by atoms with Gasteiger partial charge in [-0.15, -0.1) is 0 Å². The van der Waals surface area contributed by atoms with Gasteiger partial charge in [0.15, 0.2) is 0 Å². The molecular weight excluding hydrogens is 235 g/mol. The van der Waals surface area contributed by atoms with Gasteiger partial charge < -0.3 is 9.73 Å². The Balaban J connectivity index is 2.82. The number of benzene rings is 1. The fourth-order valence-corrected chi connectivity index (χ4v) is 1.55. The average Bonchev–Trinajstić information content (AvgIpc) is 2.25. The zero-order valence-electron chi connectivity index (χ0n) is 8.76. The molecule has 0 fully saturated rings. The average molecular weight is 243 g/mol. The maximum atomic E-state index is 12.7. The molecule has 0 amide bonds. The zero-order valence-corrected chi connectivity index (χ0v) is 8.76. The van der Waals surface area contributed by atoms with E-state index in [1.54, 1.807) is 7.05 Å². The lowest BCUT2D eigenvalue weighted by Gasteiger charge is -2.09. The van der Waals surface area contributed by atoms with Crippen LogP contribution in [0, 0.1) is 0 Å². The number of halogens is 3. The molecule has 3 nitrogen and oxygen atoms in total. The van der Waals surface area contributed by atoms with Gasteiger partial charge in [0.25, 0.3) is 0 Å². The van der Waals surface area contributed by atoms with E-state index in [0.29, 0.717) is 11.8 Å². The second-order valence-corrected chi connectivity index (χ2v) is 3.44. The third-order valence-corrected chi connectivity index (χ3v) is 2.34. The van der Waals surface area contributed by atoms with E-state index in [2.05, 4.69) is 5.32 Å². The highest BCUT2D eigenvalue weighted by Gasteiger charge is 2.33. The van der Waals surface area contributed by atoms with Crippen LogP contribution in [0.3, 0.4) is 0 Å². The predicted octanol–water partition coefficient (Wildman–Crippen LogP) is 2.85. The van der Waals surface area contributed by atoms with E-state index in [9.17, 15) is 18.0 Å². The molecule has 0 radical (unpaired) electrons. The van der Waals surface area contributed by atoms with Crippen molar-refractivity contribution >= 4 is 16.7 Å². The van der Waals surface area contributed by atoms with Crippen LogP contribution in [0.5, 0.6) is 0 Å². The number of anilines is 1. The lowest BCUT2D eigenvalue weighted by atomic mass is 10.1. The molecule has 1 aromatic carbocycles. The van der Waals surface area contributed by atoms with Crippen molar-refractivity contribution < 1.29 is 17.6 Å². The molecule has 0 unspecified atom stereocenters. The van der Waals surface area contributed by atoms with E-state index < -0.39 is 17.4 Å². The highest BCUT2D eigenvalue weighted by atomic mass is 19.4. The van der Waals surface area contributed by atoms with Gasteiger partial charge in [-0.3, -0.25) is 0 Å². The standard InChI is InChI=1S/C11H8F3NO2/c1-15-6-2-3-7-8(11(12,13)14)5-10(16)17-9(7)4-6/h2-5,15H,1H3. The van der Waals surface area contributed by atoms with Crippen molar-refractivity contribution in [3.63, 3.8) is 0 Å². The molecule has 0 saturated heterocycles. The molecule has 0 saturated carbocycles. The maximum Gasteiger partial charge on any atom is 0.417 e. The van der Waals surface area contributed by atoms with E-state index in [0.717, 1.165) is 0 Å². The first-order valence-corrected chi connectivity index (χ1v) is 4.74. The molecule has 0 spiro atoms. The number of alkyl halides is 3. The van der Waals surface area contributed by atoms with Gasteiger partial charge in [0.05, 0.1) is 5.56 Å². The molecule has 0 aliphatic rings. The molecule has 0 bridgehead atoms. The van der Waals surface area contributed by atoms with Crippen molar-refractivity contribution in [1.82, 2.24) is 0 Å². The van der Waals surface area contributed by atoms with E-state index in [1.807, 2.05) is 0 Å². The number of hydrogen-bond donors (Lipinski definition) is 1. The smallest absolute Gasteiger partial charge is 0.417 e. The molecule has 1 heterocycles. The van der Waals surface area contributed by atoms with Crippen LogP contribution in [0.25, 0.3) is 11.0 Å². The predicted molar refractivity (Wildman–Crippen MR) is 57.0 cm³/mol. The largest absolute Gasteiger partial charge is 0.423 e. The summed E-state index contributed by atoms with van der Waals surface area (Å²) in [6.45, 7) is 0. The molecule has 6 heteroatoms. The summed E-state index contributed by atoms with van der Waals surface area (Å²) in [7, 11) is 1.62. The Kier molecular flexibility index (Phi) is 2.57. The van der Waals surface area contributed by atoms with Gasteiger partial charge in [-0.1, -0.05) is 0 Å². The van der Waals surface area contributed by atoms with E-state index in [1.165, 1.54) is 18.2 Å². The molecule has 0 atom stereocenters. The number of nitrogens with one attached hydrogen (secondary N) is 1. The van der Waals surface area contributed by atoms with E-state index in [4.69, 9.17) is 4.42 Å². The Morgan fingerprint density at radius 2 is 1.94 bits per heavy atom. The van der Waals surface area contributed by atoms with Crippen molar-refractivity contribution in [3.8, 4) is 0 Å². The molecule has 2 rings (SSSR count). The SMILES string of the molecule is CNc1ccc2c(C(F)(F)F)cc(=O)oc2c1. The Hall–Kier alpha value is -1.98. The first kappa shape index (κ1) is 11.5. The first-order chi connectivity index (χ1) is 7.91. The molecule has 17 heavy (non-hydrogen) atoms. The minimum Gasteiger partial charge on any atom is -0.423 e. The Bertz CT molecular complexity index is 616. The van der Waals surface area contributed by atoms with Crippen LogP contribution in [0.15, 0.2) is 33.5 Å². The third-order valence-electron chi connectivity index (χ3n) is 2.34. The minimum atomic E-state index is -4.57. The molecule has 1 aromatic heterocycles. The topological polar surface area (TPSA) is 42.2 Å². The molecular formula is C11H8F3NO2. The normalized spacial score (nSPS) is 11.8. The second-order valence-electron chi connectivity index (χ2n) is 3.44. The van der Waals surface area contributed by atoms with Gasteiger partial charge >= 0.3 is 11.8 Å². The summed E-state index contributed by atoms with van der Waals surface area (Å²) >= 11 is 0. The monoisotopic (exact) mass is 243 g/mol. The quantitative estimate of drug-likeness (QED) is 0.783. The summed E-state index contributed by atoms with van der Waals surface area (Å²) in [4.78, 5) is 11.1. The lowest BCUT2D eigenvalue weighted by Crippen LogP contribution is -2.11. The van der Waals surface area contributed by atoms with E-state index >= 15 is 0 Å². The van der Waals surface area contributed by atoms with Gasteiger partial charge in [-0.05, 0) is 12.1 Å². The van der Waals surface area contributed by atoms with Gasteiger partial charge in [-0.25, -0.2) is 4.79 Å². The van der Waals surface area contributed by atoms with Crippen LogP contribution in [-0.4, -0.2) is 7.05 Å². The van der Waals surface area contributed by atoms with Crippen LogP contribution in [0.4, 0.5) is 18.9 Å². The van der Waals surface area contributed by atoms with Gasteiger partial charge in [0.1, 0.15) is 5.58 Å². The third kappa shape index (κ3) is 2.11. The minimum absolute atomic E-state index is 0.0864. The lowest BCUT2D eigenvalue weighted by molar-refractivity contribution is -0.136. The van der Waals surface area contributed by atoms with Crippen molar-refractivity contribution in [2.75, 3.05) is 12.4 Å². The summed E-state index contributed by atoms with van der Waals surface area (Å²) in [5, 5.41) is 2.62. The van der Waals surface area contributed by atoms with Gasteiger partial charge in [0, 0.05) is 30.3 Å². The van der Waals surface area contributed by atoms with Gasteiger partial charge in [0.2, 0.25) is 0 Å². The van der Waals surface area contributed by atoms with E-state index in [-0.39, 0.29) is 11.0 Å². The Morgan fingerprint density at radius 3 is 2.53 bits per heavy atom. The summed E-state index contributed by atoms with van der Waals surface area (Å²) in [6.07, 6.45) is -4.57. The van der Waals surface area contributed by atoms with Crippen LogP contribution in [0.2, 0.25) is 0 Å². The van der Waals surface area contributed by atoms with Crippen LogP contribution in [-0.2, 0) is 6.18 Å². The maximum absolute atomic E-state index is 12.7. The summed E-state index contributed by atoms with van der Waals surface area (Å²) < 4.78 is 42.8. The number of fused-ring (bicyclic) bond motifs is 1. The first-order valence-electron chi connectivity index (χ1n) is 4.74. The summed E-state index contributed by atoms with van der Waals surface area (Å²) in [6, 6.07) is 4.57. The van der Waals surface area contributed by atoms with Crippen molar-refractivity contribution in [2.24, 2.45) is 0 Å². The summed E-state index contributed by atoms with van der Waals surface area (Å²) in [5.74, 6) is 0. The van der Waals surface area contributed by atoms with Crippen LogP contribution in [0.1, 0.15) is 5.56 Å². The van der Waals surface area contributed by atoms with Crippen molar-refractivity contribution in [1.29, 1.82) is 0 Å². The van der Waals surface area contributed by atoms with Crippen LogP contribution >= 0.6 is 0 Å². The Labute approximate surface area is 93.9 Å². The fourth-order valence-electron chi connectivity index (χ4n) is 1.55. The van der Waals surface area contributed by atoms with Crippen LogP contribution < -0.4 is 10.9 Å². The van der Waals surface area contributed by atoms with Crippen molar-refractivity contribution in [2.45, 2.75) is 6.18 Å².